The Bertz CT molecular complexity index is 938. The molecule has 0 aromatic heterocycles. The number of carbonyl (C=O) groups is 1. The van der Waals surface area contributed by atoms with E-state index < -0.39 is 23.6 Å². The Hall–Kier alpha value is -2.42. The van der Waals surface area contributed by atoms with Gasteiger partial charge in [-0.25, -0.2) is 8.78 Å². The molecule has 1 saturated carbocycles. The number of benzene rings is 2. The third-order valence-electron chi connectivity index (χ3n) is 5.81. The van der Waals surface area contributed by atoms with E-state index in [1.54, 1.807) is 30.3 Å². The molecule has 172 valence electrons. The molecule has 2 atom stereocenters. The van der Waals surface area contributed by atoms with Gasteiger partial charge in [-0.15, -0.1) is 0 Å². The van der Waals surface area contributed by atoms with Gasteiger partial charge in [0, 0.05) is 23.8 Å². The van der Waals surface area contributed by atoms with Crippen molar-refractivity contribution in [2.24, 2.45) is 5.41 Å². The van der Waals surface area contributed by atoms with E-state index in [9.17, 15) is 18.7 Å². The molecule has 1 aliphatic carbocycles. The van der Waals surface area contributed by atoms with Gasteiger partial charge in [0.25, 0.3) is 5.91 Å². The van der Waals surface area contributed by atoms with Crippen LogP contribution in [0.25, 0.3) is 0 Å². The number of ether oxygens (including phenoxy) is 1. The SMILES string of the molecule is CC1([C@@H](CCCO)OC[C@@H](NC(=S)NC(=O)c2ccccc2)c2ccc(F)cc2F)CC1. The summed E-state index contributed by atoms with van der Waals surface area (Å²) in [5.41, 5.74) is 0.649. The Morgan fingerprint density at radius 1 is 1.22 bits per heavy atom. The fourth-order valence-corrected chi connectivity index (χ4v) is 3.83. The van der Waals surface area contributed by atoms with Crippen molar-refractivity contribution in [3.63, 3.8) is 0 Å². The molecule has 3 N–H and O–H groups in total. The zero-order chi connectivity index (χ0) is 23.1. The molecule has 32 heavy (non-hydrogen) atoms. The van der Waals surface area contributed by atoms with Crippen molar-refractivity contribution in [3.05, 3.63) is 71.3 Å². The van der Waals surface area contributed by atoms with E-state index in [0.717, 1.165) is 18.9 Å². The summed E-state index contributed by atoms with van der Waals surface area (Å²) >= 11 is 5.28. The molecule has 3 rings (SSSR count). The van der Waals surface area contributed by atoms with Crippen LogP contribution in [0.15, 0.2) is 48.5 Å². The van der Waals surface area contributed by atoms with Crippen molar-refractivity contribution in [1.29, 1.82) is 0 Å². The molecule has 2 aromatic carbocycles. The summed E-state index contributed by atoms with van der Waals surface area (Å²) < 4.78 is 34.2. The highest BCUT2D eigenvalue weighted by Crippen LogP contribution is 2.50. The molecule has 8 heteroatoms. The molecule has 0 radical (unpaired) electrons. The second kappa shape index (κ2) is 10.9. The predicted molar refractivity (Wildman–Crippen MR) is 122 cm³/mol. The van der Waals surface area contributed by atoms with Crippen molar-refractivity contribution >= 4 is 23.2 Å². The average Bonchev–Trinajstić information content (AvgIpc) is 3.51. The zero-order valence-electron chi connectivity index (χ0n) is 17.9. The third-order valence-corrected chi connectivity index (χ3v) is 6.03. The van der Waals surface area contributed by atoms with Crippen LogP contribution in [-0.2, 0) is 4.74 Å². The molecular formula is C24H28F2N2O3S. The Morgan fingerprint density at radius 3 is 2.56 bits per heavy atom. The summed E-state index contributed by atoms with van der Waals surface area (Å²) in [7, 11) is 0. The van der Waals surface area contributed by atoms with Gasteiger partial charge in [-0.1, -0.05) is 31.2 Å². The second-order valence-corrected chi connectivity index (χ2v) is 8.76. The van der Waals surface area contributed by atoms with Crippen LogP contribution in [0.1, 0.15) is 54.6 Å². The van der Waals surface area contributed by atoms with Crippen LogP contribution in [0.5, 0.6) is 0 Å². The number of hydrogen-bond donors (Lipinski definition) is 3. The van der Waals surface area contributed by atoms with Crippen LogP contribution in [0.4, 0.5) is 8.78 Å². The van der Waals surface area contributed by atoms with Gasteiger partial charge in [-0.3, -0.25) is 10.1 Å². The van der Waals surface area contributed by atoms with Crippen LogP contribution < -0.4 is 10.6 Å². The first kappa shape index (κ1) is 24.2. The van der Waals surface area contributed by atoms with E-state index >= 15 is 0 Å². The zero-order valence-corrected chi connectivity index (χ0v) is 18.8. The maximum absolute atomic E-state index is 14.6. The smallest absolute Gasteiger partial charge is 0.257 e. The van der Waals surface area contributed by atoms with Gasteiger partial charge < -0.3 is 15.2 Å². The van der Waals surface area contributed by atoms with Crippen molar-refractivity contribution in [3.8, 4) is 0 Å². The lowest BCUT2D eigenvalue weighted by atomic mass is 9.97. The van der Waals surface area contributed by atoms with E-state index in [1.807, 2.05) is 0 Å². The van der Waals surface area contributed by atoms with Crippen molar-refractivity contribution in [1.82, 2.24) is 10.6 Å². The number of hydrogen-bond acceptors (Lipinski definition) is 4. The number of nitrogens with one attached hydrogen (secondary N) is 2. The number of halogens is 2. The normalized spacial score (nSPS) is 16.1. The minimum absolute atomic E-state index is 0.0146. The van der Waals surface area contributed by atoms with Crippen LogP contribution >= 0.6 is 12.2 Å². The summed E-state index contributed by atoms with van der Waals surface area (Å²) in [6.07, 6.45) is 3.24. The maximum atomic E-state index is 14.6. The van der Waals surface area contributed by atoms with Gasteiger partial charge in [0.1, 0.15) is 11.6 Å². The van der Waals surface area contributed by atoms with E-state index in [4.69, 9.17) is 17.0 Å². The third kappa shape index (κ3) is 6.54. The number of aliphatic hydroxyl groups excluding tert-OH is 1. The van der Waals surface area contributed by atoms with E-state index in [-0.39, 0.29) is 35.4 Å². The minimum atomic E-state index is -0.738. The summed E-state index contributed by atoms with van der Waals surface area (Å²) in [6, 6.07) is 11.2. The number of thiocarbonyl (C=S) groups is 1. The lowest BCUT2D eigenvalue weighted by molar-refractivity contribution is -0.0107. The Labute approximate surface area is 192 Å². The molecule has 0 heterocycles. The average molecular weight is 463 g/mol. The lowest BCUT2D eigenvalue weighted by Gasteiger charge is -2.28. The van der Waals surface area contributed by atoms with E-state index in [0.29, 0.717) is 18.4 Å². The molecular weight excluding hydrogens is 434 g/mol. The fraction of sp³-hybridized carbons (Fsp3) is 0.417. The quantitative estimate of drug-likeness (QED) is 0.460. The largest absolute Gasteiger partial charge is 0.396 e. The Kier molecular flexibility index (Phi) is 8.28. The molecule has 1 aliphatic rings. The van der Waals surface area contributed by atoms with E-state index in [2.05, 4.69) is 17.6 Å². The first-order valence-electron chi connectivity index (χ1n) is 10.7. The van der Waals surface area contributed by atoms with Crippen LogP contribution in [0, 0.1) is 17.0 Å². The molecule has 0 unspecified atom stereocenters. The summed E-state index contributed by atoms with van der Waals surface area (Å²) in [6.45, 7) is 2.26. The van der Waals surface area contributed by atoms with Gasteiger partial charge in [0.2, 0.25) is 0 Å². The molecule has 0 saturated heterocycles. The summed E-state index contributed by atoms with van der Waals surface area (Å²) in [5.74, 6) is -1.81. The van der Waals surface area contributed by atoms with Crippen LogP contribution in [-0.4, -0.2) is 35.4 Å². The first-order chi connectivity index (χ1) is 15.3. The highest BCUT2D eigenvalue weighted by molar-refractivity contribution is 7.80. The number of rotatable bonds is 10. The predicted octanol–water partition coefficient (Wildman–Crippen LogP) is 4.27. The standard InChI is InChI=1S/C24H28F2N2O3S/c1-24(11-12-24)21(8-5-13-29)31-15-20(18-10-9-17(25)14-19(18)26)27-23(32)28-22(30)16-6-3-2-4-7-16/h2-4,6-7,9-10,14,20-21,29H,5,8,11-13,15H2,1H3,(H2,27,28,30,32)/t20-,21-/m1/s1. The number of carbonyl (C=O) groups excluding carboxylic acids is 1. The Balaban J connectivity index is 1.71. The Morgan fingerprint density at radius 2 is 1.94 bits per heavy atom. The lowest BCUT2D eigenvalue weighted by Crippen LogP contribution is -2.43. The van der Waals surface area contributed by atoms with Gasteiger partial charge in [-0.2, -0.15) is 0 Å². The molecule has 1 fully saturated rings. The van der Waals surface area contributed by atoms with Crippen molar-refractivity contribution < 1.29 is 23.4 Å². The first-order valence-corrected chi connectivity index (χ1v) is 11.1. The van der Waals surface area contributed by atoms with Gasteiger partial charge in [-0.05, 0) is 61.5 Å². The molecule has 5 nitrogen and oxygen atoms in total. The minimum Gasteiger partial charge on any atom is -0.396 e. The highest BCUT2D eigenvalue weighted by Gasteiger charge is 2.45. The monoisotopic (exact) mass is 462 g/mol. The van der Waals surface area contributed by atoms with Crippen molar-refractivity contribution in [2.75, 3.05) is 13.2 Å². The highest BCUT2D eigenvalue weighted by atomic mass is 32.1. The molecule has 1 amide bonds. The molecule has 0 bridgehead atoms. The van der Waals surface area contributed by atoms with Crippen LogP contribution in [0.2, 0.25) is 0 Å². The van der Waals surface area contributed by atoms with Crippen molar-refractivity contribution in [2.45, 2.75) is 44.8 Å². The summed E-state index contributed by atoms with van der Waals surface area (Å²) in [5, 5.41) is 14.7. The summed E-state index contributed by atoms with van der Waals surface area (Å²) in [4.78, 5) is 12.4. The second-order valence-electron chi connectivity index (χ2n) is 8.35. The van der Waals surface area contributed by atoms with Gasteiger partial charge in [0.05, 0.1) is 18.8 Å². The molecule has 0 spiro atoms. The number of aliphatic hydroxyl groups is 1. The van der Waals surface area contributed by atoms with E-state index in [1.165, 1.54) is 12.1 Å². The maximum Gasteiger partial charge on any atom is 0.257 e. The van der Waals surface area contributed by atoms with Crippen LogP contribution in [0.3, 0.4) is 0 Å². The van der Waals surface area contributed by atoms with Gasteiger partial charge >= 0.3 is 0 Å². The topological polar surface area (TPSA) is 70.6 Å². The number of amides is 1. The molecule has 2 aromatic rings. The van der Waals surface area contributed by atoms with Gasteiger partial charge in [0.15, 0.2) is 5.11 Å². The fourth-order valence-electron chi connectivity index (χ4n) is 3.59. The molecule has 0 aliphatic heterocycles.